The van der Waals surface area contributed by atoms with Crippen LogP contribution < -0.4 is 9.57 Å². The molecule has 0 spiro atoms. The lowest BCUT2D eigenvalue weighted by Crippen LogP contribution is -2.39. The molecule has 2 aromatic rings. The molecule has 1 aromatic heterocycles. The summed E-state index contributed by atoms with van der Waals surface area (Å²) in [6.45, 7) is 0. The summed E-state index contributed by atoms with van der Waals surface area (Å²) in [5.41, 5.74) is 2.09. The summed E-state index contributed by atoms with van der Waals surface area (Å²) in [5.74, 6) is 0. The zero-order valence-corrected chi connectivity index (χ0v) is 7.55. The molecule has 0 fully saturated rings. The molecule has 2 heteroatoms. The van der Waals surface area contributed by atoms with Crippen molar-refractivity contribution in [1.29, 1.82) is 0 Å². The molecule has 14 heavy (non-hydrogen) atoms. The van der Waals surface area contributed by atoms with Crippen molar-refractivity contribution >= 4 is 0 Å². The van der Waals surface area contributed by atoms with E-state index in [-0.39, 0.29) is 0 Å². The highest BCUT2D eigenvalue weighted by Gasteiger charge is 2.00. The fourth-order valence-electron chi connectivity index (χ4n) is 1.30. The van der Waals surface area contributed by atoms with E-state index >= 15 is 0 Å². The van der Waals surface area contributed by atoms with E-state index in [1.54, 1.807) is 24.5 Å². The van der Waals surface area contributed by atoms with Crippen LogP contribution >= 0.6 is 0 Å². The summed E-state index contributed by atoms with van der Waals surface area (Å²) in [6.07, 6.45) is 3.16. The third-order valence-corrected chi connectivity index (χ3v) is 2.01. The molecule has 0 amide bonds. The molecule has 0 unspecified atom stereocenters. The number of benzene rings is 1. The Hall–Kier alpha value is -1.83. The number of hydrogen-bond donors (Lipinski definition) is 0. The maximum absolute atomic E-state index is 6.98. The van der Waals surface area contributed by atoms with Crippen molar-refractivity contribution in [1.82, 2.24) is 0 Å². The Morgan fingerprint density at radius 1 is 1.00 bits per heavy atom. The summed E-state index contributed by atoms with van der Waals surface area (Å²) in [4.78, 5) is 4.71. The number of rotatable bonds is 2. The third kappa shape index (κ3) is 1.74. The fourth-order valence-corrected chi connectivity index (χ4v) is 1.30. The van der Waals surface area contributed by atoms with Gasteiger partial charge in [-0.15, -0.1) is 0 Å². The lowest BCUT2D eigenvalue weighted by molar-refractivity contribution is -0.885. The van der Waals surface area contributed by atoms with Gasteiger partial charge in [-0.2, -0.15) is 0 Å². The maximum atomic E-state index is 6.98. The quantitative estimate of drug-likeness (QED) is 0.655. The van der Waals surface area contributed by atoms with Crippen LogP contribution in [0.3, 0.4) is 0 Å². The topological polar surface area (TPSA) is 13.1 Å². The average molecular weight is 189 g/mol. The first kappa shape index (κ1) is 5.81. The summed E-state index contributed by atoms with van der Waals surface area (Å²) in [7, 11) is -2.43. The van der Waals surface area contributed by atoms with Crippen LogP contribution in [-0.2, 0) is 0 Å². The number of hydrogen-bond acceptors (Lipinski definition) is 1. The molecular formula is C12H12NO+. The van der Waals surface area contributed by atoms with Gasteiger partial charge in [0, 0.05) is 16.9 Å². The molecule has 0 atom stereocenters. The van der Waals surface area contributed by atoms with Crippen LogP contribution in [0.1, 0.15) is 4.11 Å². The van der Waals surface area contributed by atoms with Gasteiger partial charge < -0.3 is 0 Å². The molecule has 0 aliphatic heterocycles. The van der Waals surface area contributed by atoms with E-state index in [0.717, 1.165) is 11.1 Å². The Morgan fingerprint density at radius 3 is 2.29 bits per heavy atom. The van der Waals surface area contributed by atoms with Crippen molar-refractivity contribution in [2.45, 2.75) is 0 Å². The van der Waals surface area contributed by atoms with Crippen molar-refractivity contribution in [3.63, 3.8) is 0 Å². The van der Waals surface area contributed by atoms with Gasteiger partial charge in [0.1, 0.15) is 7.04 Å². The van der Waals surface area contributed by atoms with Crippen molar-refractivity contribution in [2.24, 2.45) is 0 Å². The van der Waals surface area contributed by atoms with Crippen LogP contribution in [0.4, 0.5) is 0 Å². The van der Waals surface area contributed by atoms with Crippen LogP contribution in [0, 0.1) is 0 Å². The normalized spacial score (nSPS) is 13.9. The van der Waals surface area contributed by atoms with Gasteiger partial charge in [0.25, 0.3) is 0 Å². The summed E-state index contributed by atoms with van der Waals surface area (Å²) in [6, 6.07) is 13.5. The van der Waals surface area contributed by atoms with Crippen LogP contribution in [0.15, 0.2) is 54.9 Å². The molecule has 0 N–H and O–H groups in total. The van der Waals surface area contributed by atoms with E-state index in [9.17, 15) is 0 Å². The Morgan fingerprint density at radius 2 is 1.64 bits per heavy atom. The first-order valence-electron chi connectivity index (χ1n) is 5.81. The highest BCUT2D eigenvalue weighted by Crippen LogP contribution is 2.16. The second kappa shape index (κ2) is 3.92. The fraction of sp³-hybridized carbons (Fsp3) is 0.0833. The second-order valence-electron chi connectivity index (χ2n) is 2.90. The summed E-state index contributed by atoms with van der Waals surface area (Å²) < 4.78 is 22.1. The van der Waals surface area contributed by atoms with E-state index in [4.69, 9.17) is 8.95 Å². The predicted molar refractivity (Wildman–Crippen MR) is 54.6 cm³/mol. The van der Waals surface area contributed by atoms with Gasteiger partial charge in [0.15, 0.2) is 0 Å². The lowest BCUT2D eigenvalue weighted by atomic mass is 10.1. The monoisotopic (exact) mass is 189 g/mol. The Labute approximate surface area is 87.6 Å². The SMILES string of the molecule is [2H]C([2H])([2H])O[n+]1ccc(-c2ccccc2)cc1. The Balaban J connectivity index is 2.19. The molecular weight excluding hydrogens is 174 g/mol. The zero-order valence-electron chi connectivity index (χ0n) is 10.6. The molecule has 0 aliphatic carbocycles. The van der Waals surface area contributed by atoms with Crippen molar-refractivity contribution in [3.05, 3.63) is 54.9 Å². The highest BCUT2D eigenvalue weighted by molar-refractivity contribution is 5.61. The number of nitrogens with zero attached hydrogens (tertiary/aromatic N) is 1. The van der Waals surface area contributed by atoms with E-state index < -0.39 is 7.04 Å². The van der Waals surface area contributed by atoms with E-state index in [0.29, 0.717) is 0 Å². The predicted octanol–water partition coefficient (Wildman–Crippen LogP) is 1.70. The molecule has 1 heterocycles. The Bertz CT molecular complexity index is 479. The molecule has 70 valence electrons. The summed E-state index contributed by atoms with van der Waals surface area (Å²) >= 11 is 0. The zero-order chi connectivity index (χ0) is 12.3. The first-order valence-corrected chi connectivity index (χ1v) is 4.31. The van der Waals surface area contributed by atoms with Gasteiger partial charge in [-0.05, 0) is 11.1 Å². The number of aromatic nitrogens is 1. The standard InChI is InChI=1S/C12H12NO/c1-14-13-9-7-12(8-10-13)11-5-3-2-4-6-11/h2-10H,1H3/q+1/i1D3. The van der Waals surface area contributed by atoms with E-state index in [1.165, 1.54) is 4.73 Å². The first-order chi connectivity index (χ1) is 8.04. The number of pyridine rings is 1. The van der Waals surface area contributed by atoms with Crippen LogP contribution in [0.25, 0.3) is 11.1 Å². The van der Waals surface area contributed by atoms with Crippen LogP contribution in [0.5, 0.6) is 0 Å². The minimum absolute atomic E-state index is 1.01. The minimum Gasteiger partial charge on any atom is -0.275 e. The van der Waals surface area contributed by atoms with Gasteiger partial charge in [-0.3, -0.25) is 4.84 Å². The van der Waals surface area contributed by atoms with Crippen LogP contribution in [0.2, 0.25) is 0 Å². The van der Waals surface area contributed by atoms with Crippen molar-refractivity contribution < 1.29 is 13.7 Å². The van der Waals surface area contributed by atoms with Gasteiger partial charge in [0.2, 0.25) is 12.4 Å². The van der Waals surface area contributed by atoms with Crippen molar-refractivity contribution in [3.8, 4) is 11.1 Å². The highest BCUT2D eigenvalue weighted by atomic mass is 16.6. The maximum Gasteiger partial charge on any atom is 0.223 e. The molecule has 1 aromatic carbocycles. The van der Waals surface area contributed by atoms with Gasteiger partial charge in [-0.25, -0.2) is 0 Å². The largest absolute Gasteiger partial charge is 0.275 e. The van der Waals surface area contributed by atoms with Crippen LogP contribution in [-0.4, -0.2) is 7.04 Å². The third-order valence-electron chi connectivity index (χ3n) is 2.01. The molecule has 2 nitrogen and oxygen atoms in total. The molecule has 0 aliphatic rings. The minimum atomic E-state index is -2.43. The molecule has 2 rings (SSSR count). The second-order valence-corrected chi connectivity index (χ2v) is 2.90. The van der Waals surface area contributed by atoms with Crippen molar-refractivity contribution in [2.75, 3.05) is 7.04 Å². The van der Waals surface area contributed by atoms with E-state index in [2.05, 4.69) is 0 Å². The molecule has 0 saturated heterocycles. The lowest BCUT2D eigenvalue weighted by Gasteiger charge is -1.98. The smallest absolute Gasteiger partial charge is 0.223 e. The molecule has 0 saturated carbocycles. The Kier molecular flexibility index (Phi) is 1.63. The van der Waals surface area contributed by atoms with Gasteiger partial charge >= 0.3 is 0 Å². The molecule has 0 radical (unpaired) electrons. The molecule has 0 bridgehead atoms. The van der Waals surface area contributed by atoms with E-state index in [1.807, 2.05) is 30.3 Å². The average Bonchev–Trinajstić information content (AvgIpc) is 2.29. The van der Waals surface area contributed by atoms with Gasteiger partial charge in [0.05, 0.1) is 4.11 Å². The van der Waals surface area contributed by atoms with Gasteiger partial charge in [-0.1, -0.05) is 30.3 Å². The summed E-state index contributed by atoms with van der Waals surface area (Å²) in [5, 5.41) is 0.